The molecule has 2 heterocycles. The number of amides is 1. The Morgan fingerprint density at radius 2 is 2.33 bits per heavy atom. The van der Waals surface area contributed by atoms with Crippen molar-refractivity contribution >= 4 is 17.3 Å². The van der Waals surface area contributed by atoms with Crippen LogP contribution in [0.5, 0.6) is 0 Å². The van der Waals surface area contributed by atoms with Crippen LogP contribution < -0.4 is 10.2 Å². The van der Waals surface area contributed by atoms with E-state index in [9.17, 15) is 4.79 Å². The fraction of sp³-hybridized carbons (Fsp3) is 0.231. The molecule has 3 rings (SSSR count). The number of anilines is 2. The molecule has 0 spiro atoms. The highest BCUT2D eigenvalue weighted by Crippen LogP contribution is 2.26. The van der Waals surface area contributed by atoms with Crippen molar-refractivity contribution in [2.75, 3.05) is 23.3 Å². The lowest BCUT2D eigenvalue weighted by Crippen LogP contribution is -2.31. The van der Waals surface area contributed by atoms with Gasteiger partial charge in [0.15, 0.2) is 0 Å². The van der Waals surface area contributed by atoms with Crippen molar-refractivity contribution in [2.24, 2.45) is 0 Å². The molecule has 0 fully saturated rings. The number of carbonyl (C=O) groups excluding carboxylic acids is 1. The fourth-order valence-corrected chi connectivity index (χ4v) is 2.26. The van der Waals surface area contributed by atoms with E-state index in [0.717, 1.165) is 13.0 Å². The molecule has 2 N–H and O–H groups in total. The molecule has 0 atom stereocenters. The van der Waals surface area contributed by atoms with Crippen LogP contribution in [0.2, 0.25) is 0 Å². The van der Waals surface area contributed by atoms with Gasteiger partial charge in [0.25, 0.3) is 0 Å². The van der Waals surface area contributed by atoms with Crippen LogP contribution in [0.3, 0.4) is 0 Å². The van der Waals surface area contributed by atoms with E-state index in [0.29, 0.717) is 12.2 Å². The number of carbonyl (C=O) groups is 1. The number of aromatic amines is 1. The van der Waals surface area contributed by atoms with Crippen molar-refractivity contribution in [1.29, 1.82) is 0 Å². The van der Waals surface area contributed by atoms with Crippen LogP contribution in [0, 0.1) is 0 Å². The number of para-hydroxylation sites is 1. The molecule has 0 unspecified atom stereocenters. The summed E-state index contributed by atoms with van der Waals surface area (Å²) in [5.41, 5.74) is 3.18. The molecule has 1 amide bonds. The Bertz CT molecular complexity index is 550. The first-order valence-electron chi connectivity index (χ1n) is 5.94. The molecule has 5 heteroatoms. The number of nitrogens with zero attached hydrogens (tertiary/aromatic N) is 2. The smallest absolute Gasteiger partial charge is 0.243 e. The van der Waals surface area contributed by atoms with Gasteiger partial charge in [0, 0.05) is 18.4 Å². The first-order valence-corrected chi connectivity index (χ1v) is 5.94. The van der Waals surface area contributed by atoms with Crippen molar-refractivity contribution in [1.82, 2.24) is 10.2 Å². The molecule has 0 saturated carbocycles. The average molecular weight is 242 g/mol. The Morgan fingerprint density at radius 1 is 1.44 bits per heavy atom. The highest BCUT2D eigenvalue weighted by molar-refractivity contribution is 5.94. The average Bonchev–Trinajstić information content (AvgIpc) is 3.00. The zero-order valence-electron chi connectivity index (χ0n) is 9.89. The minimum Gasteiger partial charge on any atom is -0.362 e. The lowest BCUT2D eigenvalue weighted by molar-refractivity contribution is -0.115. The summed E-state index contributed by atoms with van der Waals surface area (Å²) in [6.07, 6.45) is 4.26. The second-order valence-electron chi connectivity index (χ2n) is 4.34. The summed E-state index contributed by atoms with van der Waals surface area (Å²) in [5, 5.41) is 9.26. The molecule has 18 heavy (non-hydrogen) atoms. The summed E-state index contributed by atoms with van der Waals surface area (Å²) in [5.74, 6) is -0.0203. The highest BCUT2D eigenvalue weighted by Gasteiger charge is 2.20. The molecule has 0 radical (unpaired) electrons. The maximum absolute atomic E-state index is 11.9. The van der Waals surface area contributed by atoms with Gasteiger partial charge in [0.1, 0.15) is 0 Å². The first kappa shape index (κ1) is 10.8. The Balaban J connectivity index is 1.66. The third-order valence-corrected chi connectivity index (χ3v) is 3.10. The SMILES string of the molecule is O=C(CN1CCc2ccccc21)Nc1cn[nH]c1. The van der Waals surface area contributed by atoms with Gasteiger partial charge in [-0.2, -0.15) is 5.10 Å². The Kier molecular flexibility index (Phi) is 2.72. The van der Waals surface area contributed by atoms with Crippen LogP contribution in [0.4, 0.5) is 11.4 Å². The van der Waals surface area contributed by atoms with Gasteiger partial charge in [-0.1, -0.05) is 18.2 Å². The Hall–Kier alpha value is -2.30. The lowest BCUT2D eigenvalue weighted by Gasteiger charge is -2.18. The van der Waals surface area contributed by atoms with E-state index < -0.39 is 0 Å². The molecule has 1 aliphatic rings. The standard InChI is InChI=1S/C13H14N4O/c18-13(16-11-7-14-15-8-11)9-17-6-5-10-3-1-2-4-12(10)17/h1-4,7-8H,5-6,9H2,(H,14,15)(H,16,18). The fourth-order valence-electron chi connectivity index (χ4n) is 2.26. The highest BCUT2D eigenvalue weighted by atomic mass is 16.2. The van der Waals surface area contributed by atoms with Crippen LogP contribution in [0.25, 0.3) is 0 Å². The number of benzene rings is 1. The van der Waals surface area contributed by atoms with E-state index in [1.165, 1.54) is 11.3 Å². The molecule has 0 aliphatic carbocycles. The number of rotatable bonds is 3. The number of hydrogen-bond donors (Lipinski definition) is 2. The van der Waals surface area contributed by atoms with Gasteiger partial charge in [-0.3, -0.25) is 9.89 Å². The summed E-state index contributed by atoms with van der Waals surface area (Å²) in [4.78, 5) is 14.0. The van der Waals surface area contributed by atoms with Crippen LogP contribution in [0.15, 0.2) is 36.7 Å². The predicted octanol–water partition coefficient (Wildman–Crippen LogP) is 1.41. The lowest BCUT2D eigenvalue weighted by atomic mass is 10.2. The topological polar surface area (TPSA) is 61.0 Å². The molecule has 0 bridgehead atoms. The summed E-state index contributed by atoms with van der Waals surface area (Å²) < 4.78 is 0. The van der Waals surface area contributed by atoms with Crippen LogP contribution >= 0.6 is 0 Å². The Labute approximate surface area is 105 Å². The largest absolute Gasteiger partial charge is 0.362 e. The van der Waals surface area contributed by atoms with E-state index >= 15 is 0 Å². The zero-order chi connectivity index (χ0) is 12.4. The summed E-state index contributed by atoms with van der Waals surface area (Å²) >= 11 is 0. The summed E-state index contributed by atoms with van der Waals surface area (Å²) in [6.45, 7) is 1.28. The second-order valence-corrected chi connectivity index (χ2v) is 4.34. The maximum atomic E-state index is 11.9. The monoisotopic (exact) mass is 242 g/mol. The molecular weight excluding hydrogens is 228 g/mol. The van der Waals surface area contributed by atoms with E-state index in [1.54, 1.807) is 12.4 Å². The minimum atomic E-state index is -0.0203. The molecular formula is C13H14N4O. The van der Waals surface area contributed by atoms with Crippen molar-refractivity contribution in [3.8, 4) is 0 Å². The van der Waals surface area contributed by atoms with Crippen LogP contribution in [0.1, 0.15) is 5.56 Å². The number of nitrogens with one attached hydrogen (secondary N) is 2. The number of fused-ring (bicyclic) bond motifs is 1. The molecule has 1 aromatic carbocycles. The van der Waals surface area contributed by atoms with Crippen molar-refractivity contribution < 1.29 is 4.79 Å². The van der Waals surface area contributed by atoms with Crippen LogP contribution in [-0.2, 0) is 11.2 Å². The van der Waals surface area contributed by atoms with Crippen LogP contribution in [-0.4, -0.2) is 29.2 Å². The normalized spacial score (nSPS) is 13.4. The molecule has 2 aromatic rings. The molecule has 5 nitrogen and oxygen atoms in total. The number of hydrogen-bond acceptors (Lipinski definition) is 3. The van der Waals surface area contributed by atoms with Gasteiger partial charge >= 0.3 is 0 Å². The quantitative estimate of drug-likeness (QED) is 0.855. The molecule has 92 valence electrons. The second kappa shape index (κ2) is 4.52. The summed E-state index contributed by atoms with van der Waals surface area (Å²) in [6, 6.07) is 8.22. The minimum absolute atomic E-state index is 0.0203. The van der Waals surface area contributed by atoms with Crippen molar-refractivity contribution in [3.63, 3.8) is 0 Å². The number of aromatic nitrogens is 2. The Morgan fingerprint density at radius 3 is 3.17 bits per heavy atom. The van der Waals surface area contributed by atoms with Gasteiger partial charge < -0.3 is 10.2 Å². The third-order valence-electron chi connectivity index (χ3n) is 3.10. The third kappa shape index (κ3) is 2.07. The predicted molar refractivity (Wildman–Crippen MR) is 69.6 cm³/mol. The first-order chi connectivity index (χ1) is 8.83. The molecule has 1 aromatic heterocycles. The van der Waals surface area contributed by atoms with Crippen molar-refractivity contribution in [2.45, 2.75) is 6.42 Å². The number of H-pyrrole nitrogens is 1. The molecule has 1 aliphatic heterocycles. The maximum Gasteiger partial charge on any atom is 0.243 e. The van der Waals surface area contributed by atoms with Gasteiger partial charge in [0.2, 0.25) is 5.91 Å². The van der Waals surface area contributed by atoms with Gasteiger partial charge in [-0.25, -0.2) is 0 Å². The van der Waals surface area contributed by atoms with E-state index in [1.807, 2.05) is 12.1 Å². The van der Waals surface area contributed by atoms with E-state index in [2.05, 4.69) is 32.5 Å². The summed E-state index contributed by atoms with van der Waals surface area (Å²) in [7, 11) is 0. The van der Waals surface area contributed by atoms with E-state index in [-0.39, 0.29) is 5.91 Å². The van der Waals surface area contributed by atoms with Gasteiger partial charge in [-0.05, 0) is 18.1 Å². The van der Waals surface area contributed by atoms with Gasteiger partial charge in [-0.15, -0.1) is 0 Å². The van der Waals surface area contributed by atoms with E-state index in [4.69, 9.17) is 0 Å². The van der Waals surface area contributed by atoms with Crippen molar-refractivity contribution in [3.05, 3.63) is 42.2 Å². The van der Waals surface area contributed by atoms with Gasteiger partial charge in [0.05, 0.1) is 18.4 Å². The zero-order valence-corrected chi connectivity index (χ0v) is 9.89. The molecule has 0 saturated heterocycles.